The summed E-state index contributed by atoms with van der Waals surface area (Å²) in [6.07, 6.45) is 2.99. The van der Waals surface area contributed by atoms with Crippen LogP contribution in [-0.4, -0.2) is 34.2 Å². The molecule has 0 saturated carbocycles. The van der Waals surface area contributed by atoms with Gasteiger partial charge in [-0.2, -0.15) is 5.10 Å². The van der Waals surface area contributed by atoms with Crippen LogP contribution in [0.25, 0.3) is 11.3 Å². The lowest BCUT2D eigenvalue weighted by molar-refractivity contribution is -0.132. The zero-order valence-corrected chi connectivity index (χ0v) is 17.9. The van der Waals surface area contributed by atoms with Crippen molar-refractivity contribution in [3.63, 3.8) is 0 Å². The molecule has 0 spiro atoms. The first-order valence-electron chi connectivity index (χ1n) is 10.5. The van der Waals surface area contributed by atoms with Gasteiger partial charge in [0.1, 0.15) is 5.75 Å². The Labute approximate surface area is 182 Å². The second-order valence-electron chi connectivity index (χ2n) is 7.55. The largest absolute Gasteiger partial charge is 0.494 e. The molecule has 0 aliphatic carbocycles. The molecule has 0 bridgehead atoms. The molecule has 4 rings (SSSR count). The Balaban J connectivity index is 1.31. The fourth-order valence-electron chi connectivity index (χ4n) is 3.75. The molecule has 1 amide bonds. The first-order chi connectivity index (χ1) is 14.6. The van der Waals surface area contributed by atoms with Crippen molar-refractivity contribution in [1.29, 1.82) is 0 Å². The lowest BCUT2D eigenvalue weighted by atomic mass is 10.0. The van der Waals surface area contributed by atoms with Crippen molar-refractivity contribution in [2.75, 3.05) is 13.2 Å². The summed E-state index contributed by atoms with van der Waals surface area (Å²) in [6.45, 7) is 3.97. The molecular formula is C24H26ClN3O2. The van der Waals surface area contributed by atoms with E-state index in [0.717, 1.165) is 41.1 Å². The first-order valence-corrected chi connectivity index (χ1v) is 10.8. The Morgan fingerprint density at radius 3 is 2.67 bits per heavy atom. The minimum absolute atomic E-state index is 0.161. The maximum atomic E-state index is 12.7. The highest BCUT2D eigenvalue weighted by Gasteiger charge is 2.25. The highest BCUT2D eigenvalue weighted by atomic mass is 35.5. The third kappa shape index (κ3) is 4.68. The molecule has 6 heteroatoms. The van der Waals surface area contributed by atoms with Crippen LogP contribution >= 0.6 is 11.6 Å². The van der Waals surface area contributed by atoms with E-state index in [4.69, 9.17) is 16.3 Å². The maximum Gasteiger partial charge on any atom is 0.223 e. The Kier molecular flexibility index (Phi) is 6.38. The summed E-state index contributed by atoms with van der Waals surface area (Å²) in [4.78, 5) is 14.7. The van der Waals surface area contributed by atoms with E-state index in [1.807, 2.05) is 41.3 Å². The topological polar surface area (TPSA) is 58.2 Å². The van der Waals surface area contributed by atoms with Gasteiger partial charge in [-0.25, -0.2) is 0 Å². The van der Waals surface area contributed by atoms with Gasteiger partial charge in [-0.05, 0) is 42.7 Å². The summed E-state index contributed by atoms with van der Waals surface area (Å²) < 4.78 is 5.78. The third-order valence-electron chi connectivity index (χ3n) is 5.54. The van der Waals surface area contributed by atoms with E-state index in [1.165, 1.54) is 5.56 Å². The maximum absolute atomic E-state index is 12.7. The van der Waals surface area contributed by atoms with Gasteiger partial charge in [0.05, 0.1) is 12.3 Å². The number of benzene rings is 2. The lowest BCUT2D eigenvalue weighted by Crippen LogP contribution is -2.36. The summed E-state index contributed by atoms with van der Waals surface area (Å²) in [5.74, 6) is 1.02. The Morgan fingerprint density at radius 2 is 1.93 bits per heavy atom. The highest BCUT2D eigenvalue weighted by Crippen LogP contribution is 2.29. The smallest absolute Gasteiger partial charge is 0.223 e. The number of aromatic nitrogens is 2. The van der Waals surface area contributed by atoms with Crippen molar-refractivity contribution in [2.45, 2.75) is 39.2 Å². The number of hydrogen-bond acceptors (Lipinski definition) is 3. The summed E-state index contributed by atoms with van der Waals surface area (Å²) in [5, 5.41) is 8.32. The molecule has 0 unspecified atom stereocenters. The predicted octanol–water partition coefficient (Wildman–Crippen LogP) is 5.04. The van der Waals surface area contributed by atoms with Crippen molar-refractivity contribution in [2.24, 2.45) is 0 Å². The van der Waals surface area contributed by atoms with E-state index < -0.39 is 0 Å². The van der Waals surface area contributed by atoms with Crippen LogP contribution in [0, 0.1) is 0 Å². The molecule has 1 aliphatic heterocycles. The number of ether oxygens (including phenoxy) is 1. The standard InChI is InChI=1S/C24H26ClN3O2/c1-2-17-5-11-20(12-6-17)30-15-3-4-23(29)28-14-13-22-21(16-28)24(27-26-22)18-7-9-19(25)10-8-18/h5-12H,2-4,13-16H2,1H3,(H,26,27). The van der Waals surface area contributed by atoms with Crippen LogP contribution < -0.4 is 4.74 Å². The molecule has 0 saturated heterocycles. The number of aryl methyl sites for hydroxylation is 1. The minimum Gasteiger partial charge on any atom is -0.494 e. The molecule has 2 heterocycles. The van der Waals surface area contributed by atoms with E-state index in [1.54, 1.807) is 0 Å². The molecule has 2 aromatic carbocycles. The fourth-order valence-corrected chi connectivity index (χ4v) is 3.87. The number of H-pyrrole nitrogens is 1. The zero-order valence-electron chi connectivity index (χ0n) is 17.2. The van der Waals surface area contributed by atoms with Gasteiger partial charge in [0, 0.05) is 47.8 Å². The van der Waals surface area contributed by atoms with E-state index in [-0.39, 0.29) is 5.91 Å². The Morgan fingerprint density at radius 1 is 1.17 bits per heavy atom. The van der Waals surface area contributed by atoms with Crippen LogP contribution in [0.2, 0.25) is 5.02 Å². The van der Waals surface area contributed by atoms with Gasteiger partial charge in [-0.1, -0.05) is 42.8 Å². The SMILES string of the molecule is CCc1ccc(OCCCC(=O)N2CCc3[nH]nc(-c4ccc(Cl)cc4)c3C2)cc1. The molecule has 5 nitrogen and oxygen atoms in total. The van der Waals surface area contributed by atoms with Crippen molar-refractivity contribution in [3.8, 4) is 17.0 Å². The van der Waals surface area contributed by atoms with Crippen LogP contribution in [0.3, 0.4) is 0 Å². The summed E-state index contributed by atoms with van der Waals surface area (Å²) in [7, 11) is 0. The number of aromatic amines is 1. The molecule has 3 aromatic rings. The number of hydrogen-bond donors (Lipinski definition) is 1. The number of rotatable bonds is 7. The van der Waals surface area contributed by atoms with Gasteiger partial charge >= 0.3 is 0 Å². The Bertz CT molecular complexity index is 996. The Hall–Kier alpha value is -2.79. The summed E-state index contributed by atoms with van der Waals surface area (Å²) >= 11 is 6.00. The first kappa shape index (κ1) is 20.5. The molecule has 0 atom stereocenters. The van der Waals surface area contributed by atoms with Gasteiger partial charge < -0.3 is 9.64 Å². The van der Waals surface area contributed by atoms with E-state index in [9.17, 15) is 4.79 Å². The number of halogens is 1. The monoisotopic (exact) mass is 423 g/mol. The summed E-state index contributed by atoms with van der Waals surface area (Å²) in [6, 6.07) is 15.8. The molecule has 1 aliphatic rings. The molecular weight excluding hydrogens is 398 g/mol. The predicted molar refractivity (Wildman–Crippen MR) is 119 cm³/mol. The van der Waals surface area contributed by atoms with Crippen LogP contribution in [-0.2, 0) is 24.2 Å². The normalized spacial score (nSPS) is 13.2. The van der Waals surface area contributed by atoms with Gasteiger partial charge in [0.25, 0.3) is 0 Å². The van der Waals surface area contributed by atoms with Crippen LogP contribution in [0.4, 0.5) is 0 Å². The second-order valence-corrected chi connectivity index (χ2v) is 7.99. The molecule has 0 fully saturated rings. The molecule has 1 N–H and O–H groups in total. The zero-order chi connectivity index (χ0) is 20.9. The number of carbonyl (C=O) groups is 1. The number of nitrogens with one attached hydrogen (secondary N) is 1. The average Bonchev–Trinajstić information content (AvgIpc) is 3.21. The van der Waals surface area contributed by atoms with Gasteiger partial charge in [0.15, 0.2) is 0 Å². The van der Waals surface area contributed by atoms with E-state index in [0.29, 0.717) is 37.6 Å². The van der Waals surface area contributed by atoms with Crippen LogP contribution in [0.5, 0.6) is 5.75 Å². The molecule has 156 valence electrons. The average molecular weight is 424 g/mol. The minimum atomic E-state index is 0.161. The van der Waals surface area contributed by atoms with E-state index in [2.05, 4.69) is 29.3 Å². The number of carbonyl (C=O) groups excluding carboxylic acids is 1. The summed E-state index contributed by atoms with van der Waals surface area (Å²) in [5.41, 5.74) is 5.41. The quantitative estimate of drug-likeness (QED) is 0.542. The second kappa shape index (κ2) is 9.35. The number of nitrogens with zero attached hydrogens (tertiary/aromatic N) is 2. The van der Waals surface area contributed by atoms with Gasteiger partial charge in [-0.15, -0.1) is 0 Å². The third-order valence-corrected chi connectivity index (χ3v) is 5.79. The molecule has 0 radical (unpaired) electrons. The molecule has 1 aromatic heterocycles. The van der Waals surface area contributed by atoms with Crippen molar-refractivity contribution >= 4 is 17.5 Å². The number of amides is 1. The van der Waals surface area contributed by atoms with Gasteiger partial charge in [-0.3, -0.25) is 9.89 Å². The molecule has 30 heavy (non-hydrogen) atoms. The van der Waals surface area contributed by atoms with Crippen molar-refractivity contribution in [1.82, 2.24) is 15.1 Å². The fraction of sp³-hybridized carbons (Fsp3) is 0.333. The van der Waals surface area contributed by atoms with Crippen molar-refractivity contribution < 1.29 is 9.53 Å². The van der Waals surface area contributed by atoms with Gasteiger partial charge in [0.2, 0.25) is 5.91 Å². The van der Waals surface area contributed by atoms with Crippen molar-refractivity contribution in [3.05, 3.63) is 70.4 Å². The van der Waals surface area contributed by atoms with Crippen LogP contribution in [0.15, 0.2) is 48.5 Å². The van der Waals surface area contributed by atoms with Crippen LogP contribution in [0.1, 0.15) is 36.6 Å². The number of fused-ring (bicyclic) bond motifs is 1. The van der Waals surface area contributed by atoms with E-state index >= 15 is 0 Å². The lowest BCUT2D eigenvalue weighted by Gasteiger charge is -2.27. The highest BCUT2D eigenvalue weighted by molar-refractivity contribution is 6.30.